The van der Waals surface area contributed by atoms with Crippen LogP contribution >= 0.6 is 23.2 Å². The average molecular weight is 430 g/mol. The molecule has 1 N–H and O–H groups in total. The predicted molar refractivity (Wildman–Crippen MR) is 123 cm³/mol. The summed E-state index contributed by atoms with van der Waals surface area (Å²) < 4.78 is 0. The van der Waals surface area contributed by atoms with Crippen molar-refractivity contribution in [1.29, 1.82) is 0 Å². The first-order valence-corrected chi connectivity index (χ1v) is 10.6. The van der Waals surface area contributed by atoms with Crippen molar-refractivity contribution in [3.63, 3.8) is 0 Å². The maximum Gasteiger partial charge on any atom is 0.224 e. The minimum absolute atomic E-state index is 0.0116. The number of anilines is 2. The molecule has 6 heteroatoms. The highest BCUT2D eigenvalue weighted by Gasteiger charge is 2.11. The fourth-order valence-corrected chi connectivity index (χ4v) is 3.72. The van der Waals surface area contributed by atoms with Gasteiger partial charge in [-0.3, -0.25) is 9.78 Å². The molecule has 0 bridgehead atoms. The van der Waals surface area contributed by atoms with Gasteiger partial charge in [0.2, 0.25) is 5.91 Å². The minimum Gasteiger partial charge on any atom is -0.371 e. The van der Waals surface area contributed by atoms with Crippen molar-refractivity contribution < 1.29 is 4.79 Å². The van der Waals surface area contributed by atoms with Crippen molar-refractivity contribution in [2.45, 2.75) is 33.1 Å². The zero-order valence-electron chi connectivity index (χ0n) is 16.7. The van der Waals surface area contributed by atoms with E-state index in [1.807, 2.05) is 49.4 Å². The Hall–Kier alpha value is -2.30. The van der Waals surface area contributed by atoms with E-state index in [1.165, 1.54) is 0 Å². The van der Waals surface area contributed by atoms with Crippen molar-refractivity contribution in [3.8, 4) is 0 Å². The average Bonchev–Trinajstić information content (AvgIpc) is 2.70. The molecule has 0 aliphatic carbocycles. The summed E-state index contributed by atoms with van der Waals surface area (Å²) in [6.45, 7) is 5.78. The van der Waals surface area contributed by atoms with Gasteiger partial charge >= 0.3 is 0 Å². The molecule has 0 saturated carbocycles. The molecule has 0 radical (unpaired) electrons. The first-order valence-electron chi connectivity index (χ1n) is 9.83. The Labute approximate surface area is 181 Å². The fraction of sp³-hybridized carbons (Fsp3) is 0.304. The largest absolute Gasteiger partial charge is 0.371 e. The van der Waals surface area contributed by atoms with E-state index >= 15 is 0 Å². The molecule has 152 valence electrons. The van der Waals surface area contributed by atoms with Gasteiger partial charge < -0.3 is 10.2 Å². The monoisotopic (exact) mass is 429 g/mol. The van der Waals surface area contributed by atoms with Crippen LogP contribution in [0.15, 0.2) is 48.7 Å². The Balaban J connectivity index is 1.61. The Bertz CT molecular complexity index is 1010. The number of carbonyl (C=O) groups is 1. The van der Waals surface area contributed by atoms with Gasteiger partial charge in [0.25, 0.3) is 0 Å². The second-order valence-corrected chi connectivity index (χ2v) is 7.85. The Morgan fingerprint density at radius 1 is 1.07 bits per heavy atom. The van der Waals surface area contributed by atoms with E-state index in [-0.39, 0.29) is 5.91 Å². The molecule has 1 amide bonds. The molecule has 0 fully saturated rings. The third-order valence-electron chi connectivity index (χ3n) is 4.87. The first-order chi connectivity index (χ1) is 14.0. The Morgan fingerprint density at radius 2 is 1.90 bits per heavy atom. The highest BCUT2D eigenvalue weighted by molar-refractivity contribution is 6.42. The molecule has 2 aromatic carbocycles. The molecule has 3 aromatic rings. The smallest absolute Gasteiger partial charge is 0.224 e. The van der Waals surface area contributed by atoms with Crippen LogP contribution in [-0.4, -0.2) is 24.0 Å². The molecule has 29 heavy (non-hydrogen) atoms. The van der Waals surface area contributed by atoms with E-state index < -0.39 is 0 Å². The van der Waals surface area contributed by atoms with E-state index in [9.17, 15) is 4.79 Å². The normalized spacial score (nSPS) is 10.9. The van der Waals surface area contributed by atoms with Gasteiger partial charge in [0.1, 0.15) is 0 Å². The van der Waals surface area contributed by atoms with Gasteiger partial charge in [-0.05, 0) is 50.1 Å². The lowest BCUT2D eigenvalue weighted by atomic mass is 10.1. The number of hydrogen-bond acceptors (Lipinski definition) is 3. The van der Waals surface area contributed by atoms with Crippen LogP contribution in [0.1, 0.15) is 31.9 Å². The van der Waals surface area contributed by atoms with Crippen LogP contribution in [0, 0.1) is 6.92 Å². The number of nitrogens with one attached hydrogen (secondary N) is 1. The summed E-state index contributed by atoms with van der Waals surface area (Å²) in [5, 5.41) is 6.21. The quantitative estimate of drug-likeness (QED) is 0.445. The number of amides is 1. The number of benzene rings is 2. The Kier molecular flexibility index (Phi) is 7.34. The number of rotatable bonds is 8. The van der Waals surface area contributed by atoms with Crippen LogP contribution in [0.2, 0.25) is 10.0 Å². The van der Waals surface area contributed by atoms with Crippen LogP contribution in [-0.2, 0) is 4.79 Å². The van der Waals surface area contributed by atoms with E-state index in [0.29, 0.717) is 16.5 Å². The first kappa shape index (κ1) is 21.4. The molecule has 1 heterocycles. The van der Waals surface area contributed by atoms with Crippen molar-refractivity contribution in [3.05, 3.63) is 64.4 Å². The number of aromatic nitrogens is 1. The van der Waals surface area contributed by atoms with Crippen LogP contribution < -0.4 is 10.2 Å². The standard InChI is InChI=1S/C23H25Cl2N3O/c1-3-13-28(17-9-10-20(24)21(25)15-17)14-5-8-23(29)27-22-7-4-6-18-16(2)26-12-11-19(18)22/h4,6-7,9-12,15H,3,5,8,13-14H2,1-2H3,(H,27,29). The molecule has 0 aliphatic heterocycles. The van der Waals surface area contributed by atoms with Gasteiger partial charge in [0.05, 0.1) is 10.0 Å². The summed E-state index contributed by atoms with van der Waals surface area (Å²) in [5.41, 5.74) is 2.81. The number of halogens is 2. The molecule has 0 atom stereocenters. The Morgan fingerprint density at radius 3 is 2.66 bits per heavy atom. The highest BCUT2D eigenvalue weighted by atomic mass is 35.5. The van der Waals surface area contributed by atoms with E-state index in [1.54, 1.807) is 6.20 Å². The third-order valence-corrected chi connectivity index (χ3v) is 5.61. The van der Waals surface area contributed by atoms with Crippen LogP contribution in [0.4, 0.5) is 11.4 Å². The number of pyridine rings is 1. The molecule has 0 spiro atoms. The van der Waals surface area contributed by atoms with Crippen molar-refractivity contribution in [2.24, 2.45) is 0 Å². The summed E-state index contributed by atoms with van der Waals surface area (Å²) in [6.07, 6.45) is 3.97. The number of fused-ring (bicyclic) bond motifs is 1. The van der Waals surface area contributed by atoms with Gasteiger partial charge in [0.15, 0.2) is 0 Å². The molecule has 1 aromatic heterocycles. The highest BCUT2D eigenvalue weighted by Crippen LogP contribution is 2.28. The van der Waals surface area contributed by atoms with Gasteiger partial charge in [-0.15, -0.1) is 0 Å². The number of hydrogen-bond donors (Lipinski definition) is 1. The van der Waals surface area contributed by atoms with Crippen molar-refractivity contribution in [1.82, 2.24) is 4.98 Å². The summed E-state index contributed by atoms with van der Waals surface area (Å²) in [6, 6.07) is 13.5. The second-order valence-electron chi connectivity index (χ2n) is 7.03. The molecular formula is C23H25Cl2N3O. The molecule has 0 unspecified atom stereocenters. The van der Waals surface area contributed by atoms with Crippen LogP contribution in [0.5, 0.6) is 0 Å². The lowest BCUT2D eigenvalue weighted by Gasteiger charge is -2.24. The van der Waals surface area contributed by atoms with Crippen molar-refractivity contribution >= 4 is 51.3 Å². The number of carbonyl (C=O) groups excluding carboxylic acids is 1. The summed E-state index contributed by atoms with van der Waals surface area (Å²) in [7, 11) is 0. The van der Waals surface area contributed by atoms with Crippen LogP contribution in [0.3, 0.4) is 0 Å². The number of nitrogens with zero attached hydrogens (tertiary/aromatic N) is 2. The fourth-order valence-electron chi connectivity index (χ4n) is 3.43. The van der Waals surface area contributed by atoms with Gasteiger partial charge in [-0.2, -0.15) is 0 Å². The van der Waals surface area contributed by atoms with Gasteiger partial charge in [-0.1, -0.05) is 42.3 Å². The summed E-state index contributed by atoms with van der Waals surface area (Å²) >= 11 is 12.2. The topological polar surface area (TPSA) is 45.2 Å². The SMILES string of the molecule is CCCN(CCCC(=O)Nc1cccc2c(C)nccc12)c1ccc(Cl)c(Cl)c1. The maximum absolute atomic E-state index is 12.5. The molecule has 0 saturated heterocycles. The summed E-state index contributed by atoms with van der Waals surface area (Å²) in [4.78, 5) is 19.1. The molecule has 3 rings (SSSR count). The van der Waals surface area contributed by atoms with E-state index in [4.69, 9.17) is 23.2 Å². The van der Waals surface area contributed by atoms with Gasteiger partial charge in [-0.25, -0.2) is 0 Å². The van der Waals surface area contributed by atoms with E-state index in [2.05, 4.69) is 22.1 Å². The van der Waals surface area contributed by atoms with Gasteiger partial charge in [0, 0.05) is 53.5 Å². The minimum atomic E-state index is 0.0116. The zero-order chi connectivity index (χ0) is 20.8. The van der Waals surface area contributed by atoms with Crippen molar-refractivity contribution in [2.75, 3.05) is 23.3 Å². The molecule has 4 nitrogen and oxygen atoms in total. The number of aryl methyl sites for hydroxylation is 1. The summed E-state index contributed by atoms with van der Waals surface area (Å²) in [5.74, 6) is 0.0116. The lowest BCUT2D eigenvalue weighted by Crippen LogP contribution is -2.26. The molecular weight excluding hydrogens is 405 g/mol. The third kappa shape index (κ3) is 5.40. The maximum atomic E-state index is 12.5. The lowest BCUT2D eigenvalue weighted by molar-refractivity contribution is -0.116. The predicted octanol–water partition coefficient (Wildman–Crippen LogP) is 6.49. The second kappa shape index (κ2) is 9.95. The van der Waals surface area contributed by atoms with E-state index in [0.717, 1.165) is 53.8 Å². The van der Waals surface area contributed by atoms with Crippen LogP contribution in [0.25, 0.3) is 10.8 Å². The molecule has 0 aliphatic rings. The zero-order valence-corrected chi connectivity index (χ0v) is 18.2.